The lowest BCUT2D eigenvalue weighted by Gasteiger charge is -2.33. The van der Waals surface area contributed by atoms with Crippen LogP contribution in [0.3, 0.4) is 0 Å². The molecule has 0 bridgehead atoms. The Morgan fingerprint density at radius 2 is 2.03 bits per heavy atom. The summed E-state index contributed by atoms with van der Waals surface area (Å²) >= 11 is 0. The summed E-state index contributed by atoms with van der Waals surface area (Å²) in [5, 5.41) is 4.82. The lowest BCUT2D eigenvalue weighted by Crippen LogP contribution is -2.49. The van der Waals surface area contributed by atoms with Gasteiger partial charge < -0.3 is 19.9 Å². The van der Waals surface area contributed by atoms with Gasteiger partial charge in [-0.3, -0.25) is 4.79 Å². The molecule has 5 nitrogen and oxygen atoms in total. The van der Waals surface area contributed by atoms with Crippen molar-refractivity contribution in [3.63, 3.8) is 0 Å². The molecule has 0 saturated carbocycles. The Morgan fingerprint density at radius 1 is 1.17 bits per heavy atom. The standard InChI is InChI=1S/C24H27N3O2/c1-15-18-9-3-4-10-20(18)26-22(15)24(28)27-14-19(23-21(27)11-6-12-25-23)16-7-5-8-17(13-16)29-2/h3-5,7-10,13,19,21,23,25-26H,6,11-12,14H2,1-2H3/t19-,21-,23-/m1/s1. The lowest BCUT2D eigenvalue weighted by atomic mass is 9.87. The summed E-state index contributed by atoms with van der Waals surface area (Å²) in [7, 11) is 1.70. The van der Waals surface area contributed by atoms with Crippen molar-refractivity contribution in [2.45, 2.75) is 37.8 Å². The molecule has 5 heteroatoms. The number of methoxy groups -OCH3 is 1. The first-order valence-electron chi connectivity index (χ1n) is 10.4. The number of carbonyl (C=O) groups excluding carboxylic acids is 1. The summed E-state index contributed by atoms with van der Waals surface area (Å²) < 4.78 is 5.44. The van der Waals surface area contributed by atoms with Gasteiger partial charge in [0.1, 0.15) is 11.4 Å². The van der Waals surface area contributed by atoms with Gasteiger partial charge in [-0.25, -0.2) is 0 Å². The third kappa shape index (κ3) is 3.01. The van der Waals surface area contributed by atoms with E-state index in [2.05, 4.69) is 33.4 Å². The van der Waals surface area contributed by atoms with Gasteiger partial charge in [0.2, 0.25) is 0 Å². The van der Waals surface area contributed by atoms with Crippen LogP contribution in [0.1, 0.15) is 40.4 Å². The number of carbonyl (C=O) groups is 1. The highest BCUT2D eigenvalue weighted by Gasteiger charge is 2.46. The summed E-state index contributed by atoms with van der Waals surface area (Å²) in [6.45, 7) is 3.77. The van der Waals surface area contributed by atoms with E-state index in [1.807, 2.05) is 37.3 Å². The lowest BCUT2D eigenvalue weighted by molar-refractivity contribution is 0.0699. The Hall–Kier alpha value is -2.79. The minimum absolute atomic E-state index is 0.114. The third-order valence-electron chi connectivity index (χ3n) is 6.66. The van der Waals surface area contributed by atoms with Crippen LogP contribution < -0.4 is 10.1 Å². The zero-order valence-corrected chi connectivity index (χ0v) is 16.9. The molecule has 2 aromatic carbocycles. The molecule has 3 heterocycles. The molecule has 5 rings (SSSR count). The molecule has 2 aliphatic heterocycles. The topological polar surface area (TPSA) is 57.4 Å². The first kappa shape index (κ1) is 18.3. The summed E-state index contributed by atoms with van der Waals surface area (Å²) in [4.78, 5) is 19.1. The Labute approximate surface area is 171 Å². The van der Waals surface area contributed by atoms with Gasteiger partial charge in [0.05, 0.1) is 7.11 Å². The molecule has 2 aliphatic rings. The molecule has 0 unspecified atom stereocenters. The predicted octanol–water partition coefficient (Wildman–Crippen LogP) is 3.85. The van der Waals surface area contributed by atoms with E-state index in [1.54, 1.807) is 7.11 Å². The fourth-order valence-corrected chi connectivity index (χ4v) is 5.17. The van der Waals surface area contributed by atoms with Crippen LogP contribution in [0.5, 0.6) is 5.75 Å². The molecular formula is C24H27N3O2. The number of ether oxygens (including phenoxy) is 1. The summed E-state index contributed by atoms with van der Waals surface area (Å²) in [5.41, 5.74) is 4.02. The second kappa shape index (κ2) is 7.23. The van der Waals surface area contributed by atoms with Gasteiger partial charge in [-0.15, -0.1) is 0 Å². The van der Waals surface area contributed by atoms with Crippen LogP contribution in [0, 0.1) is 6.92 Å². The number of amides is 1. The van der Waals surface area contributed by atoms with Gasteiger partial charge >= 0.3 is 0 Å². The fourth-order valence-electron chi connectivity index (χ4n) is 5.17. The Morgan fingerprint density at radius 3 is 2.86 bits per heavy atom. The number of H-pyrrole nitrogens is 1. The molecule has 2 fully saturated rings. The quantitative estimate of drug-likeness (QED) is 0.715. The number of hydrogen-bond donors (Lipinski definition) is 2. The van der Waals surface area contributed by atoms with E-state index in [-0.39, 0.29) is 23.9 Å². The Kier molecular flexibility index (Phi) is 4.55. The van der Waals surface area contributed by atoms with Crippen molar-refractivity contribution in [2.75, 3.05) is 20.2 Å². The van der Waals surface area contributed by atoms with E-state index in [0.717, 1.165) is 53.8 Å². The normalized spacial score (nSPS) is 23.9. The largest absolute Gasteiger partial charge is 0.497 e. The van der Waals surface area contributed by atoms with E-state index in [1.165, 1.54) is 5.56 Å². The van der Waals surface area contributed by atoms with Crippen LogP contribution in [0.25, 0.3) is 10.9 Å². The van der Waals surface area contributed by atoms with Crippen LogP contribution in [0.15, 0.2) is 48.5 Å². The molecule has 150 valence electrons. The summed E-state index contributed by atoms with van der Waals surface area (Å²) in [6, 6.07) is 16.9. The molecular weight excluding hydrogens is 362 g/mol. The maximum Gasteiger partial charge on any atom is 0.270 e. The first-order valence-corrected chi connectivity index (χ1v) is 10.4. The number of likely N-dealkylation sites (tertiary alicyclic amines) is 1. The fraction of sp³-hybridized carbons (Fsp3) is 0.375. The van der Waals surface area contributed by atoms with E-state index < -0.39 is 0 Å². The molecule has 0 spiro atoms. The van der Waals surface area contributed by atoms with Gasteiger partial charge in [0.25, 0.3) is 5.91 Å². The summed E-state index contributed by atoms with van der Waals surface area (Å²) in [6.07, 6.45) is 2.14. The van der Waals surface area contributed by atoms with Crippen molar-refractivity contribution in [1.82, 2.24) is 15.2 Å². The minimum Gasteiger partial charge on any atom is -0.497 e. The molecule has 0 aliphatic carbocycles. The maximum absolute atomic E-state index is 13.6. The van der Waals surface area contributed by atoms with Gasteiger partial charge in [0, 0.05) is 35.4 Å². The van der Waals surface area contributed by atoms with E-state index in [9.17, 15) is 4.79 Å². The molecule has 29 heavy (non-hydrogen) atoms. The van der Waals surface area contributed by atoms with Crippen molar-refractivity contribution in [2.24, 2.45) is 0 Å². The highest BCUT2D eigenvalue weighted by Crippen LogP contribution is 2.38. The number of nitrogens with one attached hydrogen (secondary N) is 2. The van der Waals surface area contributed by atoms with Crippen LogP contribution in [-0.2, 0) is 0 Å². The number of aromatic nitrogens is 1. The van der Waals surface area contributed by atoms with Gasteiger partial charge in [-0.05, 0) is 55.6 Å². The highest BCUT2D eigenvalue weighted by atomic mass is 16.5. The maximum atomic E-state index is 13.6. The number of hydrogen-bond acceptors (Lipinski definition) is 3. The number of nitrogens with zero attached hydrogens (tertiary/aromatic N) is 1. The van der Waals surface area contributed by atoms with E-state index >= 15 is 0 Å². The molecule has 1 aromatic heterocycles. The van der Waals surface area contributed by atoms with Gasteiger partial charge in [-0.1, -0.05) is 30.3 Å². The number of para-hydroxylation sites is 1. The van der Waals surface area contributed by atoms with Crippen LogP contribution in [-0.4, -0.2) is 48.1 Å². The highest BCUT2D eigenvalue weighted by molar-refractivity contribution is 6.01. The number of aryl methyl sites for hydroxylation is 1. The van der Waals surface area contributed by atoms with Crippen LogP contribution >= 0.6 is 0 Å². The molecule has 3 atom stereocenters. The number of fused-ring (bicyclic) bond motifs is 2. The number of aromatic amines is 1. The molecule has 2 saturated heterocycles. The average molecular weight is 389 g/mol. The van der Waals surface area contributed by atoms with Crippen molar-refractivity contribution >= 4 is 16.8 Å². The number of benzene rings is 2. The van der Waals surface area contributed by atoms with Crippen molar-refractivity contribution < 1.29 is 9.53 Å². The smallest absolute Gasteiger partial charge is 0.270 e. The van der Waals surface area contributed by atoms with Gasteiger partial charge in [0.15, 0.2) is 0 Å². The zero-order valence-electron chi connectivity index (χ0n) is 16.9. The number of piperidine rings is 1. The molecule has 0 radical (unpaired) electrons. The molecule has 2 N–H and O–H groups in total. The Balaban J connectivity index is 1.50. The second-order valence-electron chi connectivity index (χ2n) is 8.20. The second-order valence-corrected chi connectivity index (χ2v) is 8.20. The van der Waals surface area contributed by atoms with Crippen molar-refractivity contribution in [1.29, 1.82) is 0 Å². The minimum atomic E-state index is 0.114. The zero-order chi connectivity index (χ0) is 20.0. The van der Waals surface area contributed by atoms with E-state index in [4.69, 9.17) is 4.74 Å². The molecule has 3 aromatic rings. The van der Waals surface area contributed by atoms with Crippen LogP contribution in [0.2, 0.25) is 0 Å². The SMILES string of the molecule is COc1cccc([C@H]2CN(C(=O)c3[nH]c4ccccc4c3C)[C@@H]3CCCN[C@H]23)c1. The Bertz CT molecular complexity index is 1060. The first-order chi connectivity index (χ1) is 14.2. The van der Waals surface area contributed by atoms with Crippen molar-refractivity contribution in [3.8, 4) is 5.75 Å². The van der Waals surface area contributed by atoms with Crippen LogP contribution in [0.4, 0.5) is 0 Å². The number of rotatable bonds is 3. The monoisotopic (exact) mass is 389 g/mol. The van der Waals surface area contributed by atoms with Gasteiger partial charge in [-0.2, -0.15) is 0 Å². The van der Waals surface area contributed by atoms with E-state index in [0.29, 0.717) is 0 Å². The molecule has 1 amide bonds. The van der Waals surface area contributed by atoms with Crippen molar-refractivity contribution in [3.05, 3.63) is 65.4 Å². The predicted molar refractivity (Wildman–Crippen MR) is 115 cm³/mol. The summed E-state index contributed by atoms with van der Waals surface area (Å²) in [5.74, 6) is 1.25. The third-order valence-corrected chi connectivity index (χ3v) is 6.66. The average Bonchev–Trinajstić information content (AvgIpc) is 3.32.